The third-order valence-corrected chi connectivity index (χ3v) is 4.52. The van der Waals surface area contributed by atoms with Gasteiger partial charge in [0, 0.05) is 5.92 Å². The van der Waals surface area contributed by atoms with Gasteiger partial charge in [0.2, 0.25) is 0 Å². The molecule has 3 unspecified atom stereocenters. The van der Waals surface area contributed by atoms with Crippen LogP contribution >= 0.6 is 11.6 Å². The average molecular weight is 320 g/mol. The molecule has 3 atom stereocenters. The van der Waals surface area contributed by atoms with Crippen molar-refractivity contribution in [1.82, 2.24) is 5.32 Å². The van der Waals surface area contributed by atoms with E-state index in [1.807, 2.05) is 24.3 Å². The van der Waals surface area contributed by atoms with Gasteiger partial charge in [-0.15, -0.1) is 11.6 Å². The first kappa shape index (κ1) is 15.3. The quantitative estimate of drug-likeness (QED) is 0.510. The molecule has 116 valence electrons. The molecule has 0 spiro atoms. The molecule has 1 aromatic carbocycles. The van der Waals surface area contributed by atoms with Gasteiger partial charge in [-0.25, -0.2) is 9.38 Å². The predicted molar refractivity (Wildman–Crippen MR) is 89.4 cm³/mol. The maximum absolute atomic E-state index is 14.8. The van der Waals surface area contributed by atoms with Crippen molar-refractivity contribution in [3.8, 4) is 0 Å². The van der Waals surface area contributed by atoms with Crippen molar-refractivity contribution in [3.63, 3.8) is 0 Å². The van der Waals surface area contributed by atoms with Crippen molar-refractivity contribution < 1.29 is 4.39 Å². The van der Waals surface area contributed by atoms with Crippen LogP contribution in [0.2, 0.25) is 0 Å². The molecular formula is C17H19ClFN3. The molecule has 2 aliphatic rings. The van der Waals surface area contributed by atoms with Gasteiger partial charge in [-0.3, -0.25) is 0 Å². The number of amidine groups is 1. The van der Waals surface area contributed by atoms with Crippen LogP contribution in [-0.2, 0) is 0 Å². The fourth-order valence-corrected chi connectivity index (χ4v) is 3.19. The van der Waals surface area contributed by atoms with Gasteiger partial charge in [0.05, 0.1) is 11.4 Å². The lowest BCUT2D eigenvalue weighted by atomic mass is 9.91. The molecular weight excluding hydrogens is 301 g/mol. The Morgan fingerprint density at radius 1 is 1.32 bits per heavy atom. The Labute approximate surface area is 134 Å². The molecule has 0 bridgehead atoms. The molecule has 0 saturated carbocycles. The molecule has 1 saturated heterocycles. The van der Waals surface area contributed by atoms with Crippen LogP contribution in [0.15, 0.2) is 47.5 Å². The van der Waals surface area contributed by atoms with E-state index >= 15 is 0 Å². The summed E-state index contributed by atoms with van der Waals surface area (Å²) in [5.41, 5.74) is 6.83. The number of nitrogens with one attached hydrogen (secondary N) is 1. The molecule has 0 amide bonds. The van der Waals surface area contributed by atoms with E-state index in [1.165, 1.54) is 0 Å². The standard InChI is InChI=1S/C17H19ClFN3/c18-13-7-2-1-5-11(13)12-6-3-8-14(16(12)19)22-17(20)15-9-4-10-21-15/h1-3,5-8,11,13,15,21H,4,9-10H2,(H2,20,22). The predicted octanol–water partition coefficient (Wildman–Crippen LogP) is 3.38. The topological polar surface area (TPSA) is 50.4 Å². The highest BCUT2D eigenvalue weighted by Gasteiger charge is 2.23. The van der Waals surface area contributed by atoms with Crippen LogP contribution in [0.3, 0.4) is 0 Å². The Hall–Kier alpha value is -1.65. The minimum atomic E-state index is -0.348. The second-order valence-electron chi connectivity index (χ2n) is 5.61. The lowest BCUT2D eigenvalue weighted by Gasteiger charge is -2.20. The normalized spacial score (nSPS) is 28.3. The molecule has 22 heavy (non-hydrogen) atoms. The maximum Gasteiger partial charge on any atom is 0.152 e. The van der Waals surface area contributed by atoms with E-state index in [9.17, 15) is 4.39 Å². The Balaban J connectivity index is 1.90. The number of rotatable bonds is 3. The van der Waals surface area contributed by atoms with Crippen LogP contribution in [-0.4, -0.2) is 23.8 Å². The first-order valence-corrected chi connectivity index (χ1v) is 7.95. The van der Waals surface area contributed by atoms with Crippen LogP contribution in [0.4, 0.5) is 10.1 Å². The zero-order valence-corrected chi connectivity index (χ0v) is 12.9. The van der Waals surface area contributed by atoms with Gasteiger partial charge in [-0.2, -0.15) is 0 Å². The van der Waals surface area contributed by atoms with Gasteiger partial charge >= 0.3 is 0 Å². The number of benzene rings is 1. The Morgan fingerprint density at radius 3 is 2.86 bits per heavy atom. The summed E-state index contributed by atoms with van der Waals surface area (Å²) in [4.78, 5) is 4.29. The minimum Gasteiger partial charge on any atom is -0.386 e. The van der Waals surface area contributed by atoms with E-state index in [-0.39, 0.29) is 28.8 Å². The summed E-state index contributed by atoms with van der Waals surface area (Å²) in [5, 5.41) is 3.00. The van der Waals surface area contributed by atoms with Crippen LogP contribution in [0.5, 0.6) is 0 Å². The molecule has 3 rings (SSSR count). The summed E-state index contributed by atoms with van der Waals surface area (Å²) in [6.45, 7) is 0.927. The fraction of sp³-hybridized carbons (Fsp3) is 0.353. The first-order chi connectivity index (χ1) is 10.7. The highest BCUT2D eigenvalue weighted by Crippen LogP contribution is 2.34. The third kappa shape index (κ3) is 3.08. The summed E-state index contributed by atoms with van der Waals surface area (Å²) < 4.78 is 14.8. The van der Waals surface area contributed by atoms with Crippen LogP contribution in [0.1, 0.15) is 24.3 Å². The number of nitrogens with zero attached hydrogens (tertiary/aromatic N) is 1. The molecule has 1 aliphatic heterocycles. The van der Waals surface area contributed by atoms with Gasteiger partial charge in [0.1, 0.15) is 11.5 Å². The van der Waals surface area contributed by atoms with Crippen molar-refractivity contribution in [2.45, 2.75) is 30.2 Å². The number of alkyl halides is 1. The molecule has 1 aromatic rings. The summed E-state index contributed by atoms with van der Waals surface area (Å²) >= 11 is 6.28. The summed E-state index contributed by atoms with van der Waals surface area (Å²) in [5.74, 6) is -0.0956. The zero-order valence-electron chi connectivity index (χ0n) is 12.2. The molecule has 1 aliphatic carbocycles. The Kier molecular flexibility index (Phi) is 4.60. The van der Waals surface area contributed by atoms with Gasteiger partial charge in [0.25, 0.3) is 0 Å². The molecule has 3 N–H and O–H groups in total. The van der Waals surface area contributed by atoms with Gasteiger partial charge < -0.3 is 11.1 Å². The largest absolute Gasteiger partial charge is 0.386 e. The zero-order chi connectivity index (χ0) is 15.5. The second-order valence-corrected chi connectivity index (χ2v) is 6.11. The molecule has 0 aromatic heterocycles. The van der Waals surface area contributed by atoms with E-state index in [2.05, 4.69) is 10.3 Å². The van der Waals surface area contributed by atoms with E-state index in [0.717, 1.165) is 19.4 Å². The number of hydrogen-bond donors (Lipinski definition) is 2. The molecule has 1 fully saturated rings. The monoisotopic (exact) mass is 319 g/mol. The number of nitrogens with two attached hydrogens (primary N) is 1. The maximum atomic E-state index is 14.8. The van der Waals surface area contributed by atoms with E-state index in [1.54, 1.807) is 18.2 Å². The van der Waals surface area contributed by atoms with Gasteiger partial charge in [0.15, 0.2) is 5.82 Å². The average Bonchev–Trinajstić information content (AvgIpc) is 3.05. The van der Waals surface area contributed by atoms with Crippen LogP contribution in [0.25, 0.3) is 0 Å². The lowest BCUT2D eigenvalue weighted by Crippen LogP contribution is -2.36. The first-order valence-electron chi connectivity index (χ1n) is 7.51. The van der Waals surface area contributed by atoms with Crippen molar-refractivity contribution in [2.24, 2.45) is 10.7 Å². The van der Waals surface area contributed by atoms with Crippen molar-refractivity contribution in [3.05, 3.63) is 53.9 Å². The van der Waals surface area contributed by atoms with Crippen LogP contribution < -0.4 is 11.1 Å². The summed E-state index contributed by atoms with van der Waals surface area (Å²) in [6, 6.07) is 5.23. The fourth-order valence-electron chi connectivity index (χ4n) is 2.89. The highest BCUT2D eigenvalue weighted by atomic mass is 35.5. The highest BCUT2D eigenvalue weighted by molar-refractivity contribution is 6.22. The smallest absolute Gasteiger partial charge is 0.152 e. The Morgan fingerprint density at radius 2 is 2.14 bits per heavy atom. The number of halogens is 2. The van der Waals surface area contributed by atoms with E-state index < -0.39 is 0 Å². The molecule has 1 heterocycles. The van der Waals surface area contributed by atoms with Crippen molar-refractivity contribution in [2.75, 3.05) is 6.54 Å². The Bertz CT molecular complexity index is 633. The van der Waals surface area contributed by atoms with E-state index in [4.69, 9.17) is 17.3 Å². The number of hydrogen-bond acceptors (Lipinski definition) is 2. The molecule has 3 nitrogen and oxygen atoms in total. The lowest BCUT2D eigenvalue weighted by molar-refractivity contribution is 0.602. The number of allylic oxidation sites excluding steroid dienone is 4. The van der Waals surface area contributed by atoms with E-state index in [0.29, 0.717) is 11.4 Å². The summed E-state index contributed by atoms with van der Waals surface area (Å²) in [7, 11) is 0. The SMILES string of the molecule is NC(=Nc1cccc(C2C=CC=CC2Cl)c1F)C1CCCN1. The van der Waals surface area contributed by atoms with Crippen molar-refractivity contribution >= 4 is 23.1 Å². The molecule has 5 heteroatoms. The second kappa shape index (κ2) is 6.63. The van der Waals surface area contributed by atoms with Crippen LogP contribution in [0, 0.1) is 5.82 Å². The number of aliphatic imine (C=N–C) groups is 1. The van der Waals surface area contributed by atoms with Gasteiger partial charge in [-0.05, 0) is 31.0 Å². The summed E-state index contributed by atoms with van der Waals surface area (Å²) in [6.07, 6.45) is 9.53. The van der Waals surface area contributed by atoms with Gasteiger partial charge in [-0.1, -0.05) is 36.4 Å². The minimum absolute atomic E-state index is 0.0429. The van der Waals surface area contributed by atoms with Crippen molar-refractivity contribution in [1.29, 1.82) is 0 Å². The third-order valence-electron chi connectivity index (χ3n) is 4.10. The molecule has 0 radical (unpaired) electrons.